The van der Waals surface area contributed by atoms with Gasteiger partial charge in [-0.15, -0.1) is 0 Å². The molecule has 0 radical (unpaired) electrons. The van der Waals surface area contributed by atoms with Gasteiger partial charge in [0.25, 0.3) is 5.91 Å². The van der Waals surface area contributed by atoms with Crippen LogP contribution in [0.2, 0.25) is 0 Å². The van der Waals surface area contributed by atoms with Gasteiger partial charge < -0.3 is 10.2 Å². The topological polar surface area (TPSA) is 49.4 Å². The first-order chi connectivity index (χ1) is 12.0. The Morgan fingerprint density at radius 1 is 1.08 bits per heavy atom. The van der Waals surface area contributed by atoms with Crippen LogP contribution >= 0.6 is 0 Å². The summed E-state index contributed by atoms with van der Waals surface area (Å²) >= 11 is 0. The number of amides is 2. The minimum Gasteiger partial charge on any atom is -0.338 e. The second-order valence-corrected chi connectivity index (χ2v) is 6.45. The zero-order valence-corrected chi connectivity index (χ0v) is 14.2. The Kier molecular flexibility index (Phi) is 5.12. The van der Waals surface area contributed by atoms with Crippen LogP contribution in [0.15, 0.2) is 48.5 Å². The molecule has 1 fully saturated rings. The number of hydrogen-bond donors (Lipinski definition) is 1. The van der Waals surface area contributed by atoms with E-state index in [1.54, 1.807) is 4.90 Å². The summed E-state index contributed by atoms with van der Waals surface area (Å²) in [5, 5.41) is 2.92. The predicted molar refractivity (Wildman–Crippen MR) is 94.8 cm³/mol. The highest BCUT2D eigenvalue weighted by molar-refractivity contribution is 5.96. The molecule has 0 saturated carbocycles. The molecule has 1 aliphatic heterocycles. The van der Waals surface area contributed by atoms with Gasteiger partial charge in [-0.1, -0.05) is 17.7 Å². The molecule has 0 aliphatic carbocycles. The first-order valence-electron chi connectivity index (χ1n) is 8.45. The Morgan fingerprint density at radius 3 is 2.44 bits per heavy atom. The lowest BCUT2D eigenvalue weighted by atomic mass is 9.96. The summed E-state index contributed by atoms with van der Waals surface area (Å²) in [6, 6.07) is 13.1. The van der Waals surface area contributed by atoms with Gasteiger partial charge in [0.2, 0.25) is 5.91 Å². The van der Waals surface area contributed by atoms with Crippen molar-refractivity contribution in [3.05, 3.63) is 65.5 Å². The molecule has 2 aromatic rings. The molecule has 0 aromatic heterocycles. The van der Waals surface area contributed by atoms with E-state index < -0.39 is 0 Å². The summed E-state index contributed by atoms with van der Waals surface area (Å²) in [4.78, 5) is 26.7. The third kappa shape index (κ3) is 4.24. The van der Waals surface area contributed by atoms with Gasteiger partial charge in [0, 0.05) is 24.3 Å². The Morgan fingerprint density at radius 2 is 1.76 bits per heavy atom. The number of hydrogen-bond acceptors (Lipinski definition) is 2. The van der Waals surface area contributed by atoms with Crippen LogP contribution in [-0.4, -0.2) is 29.8 Å². The molecule has 1 aliphatic rings. The molecule has 130 valence electrons. The maximum absolute atomic E-state index is 13.0. The van der Waals surface area contributed by atoms with Crippen LogP contribution in [0.25, 0.3) is 0 Å². The summed E-state index contributed by atoms with van der Waals surface area (Å²) < 4.78 is 13.0. The van der Waals surface area contributed by atoms with E-state index in [0.29, 0.717) is 18.7 Å². The van der Waals surface area contributed by atoms with Crippen LogP contribution in [-0.2, 0) is 4.79 Å². The van der Waals surface area contributed by atoms with E-state index >= 15 is 0 Å². The highest BCUT2D eigenvalue weighted by Crippen LogP contribution is 2.21. The molecule has 3 rings (SSSR count). The number of piperidine rings is 1. The molecule has 1 saturated heterocycles. The third-order valence-electron chi connectivity index (χ3n) is 4.49. The summed E-state index contributed by atoms with van der Waals surface area (Å²) in [6.45, 7) is 2.99. The van der Waals surface area contributed by atoms with Gasteiger partial charge in [-0.25, -0.2) is 4.39 Å². The Bertz CT molecular complexity index is 756. The van der Waals surface area contributed by atoms with Crippen LogP contribution in [0, 0.1) is 18.7 Å². The number of aryl methyl sites for hydroxylation is 1. The number of nitrogens with one attached hydrogen (secondary N) is 1. The molecule has 25 heavy (non-hydrogen) atoms. The number of benzene rings is 2. The van der Waals surface area contributed by atoms with Crippen molar-refractivity contribution in [1.82, 2.24) is 4.90 Å². The third-order valence-corrected chi connectivity index (χ3v) is 4.49. The van der Waals surface area contributed by atoms with Crippen molar-refractivity contribution in [2.45, 2.75) is 19.8 Å². The van der Waals surface area contributed by atoms with Gasteiger partial charge in [0.1, 0.15) is 5.82 Å². The lowest BCUT2D eigenvalue weighted by molar-refractivity contribution is -0.121. The summed E-state index contributed by atoms with van der Waals surface area (Å²) in [7, 11) is 0. The van der Waals surface area contributed by atoms with Crippen molar-refractivity contribution in [1.29, 1.82) is 0 Å². The first-order valence-corrected chi connectivity index (χ1v) is 8.45. The number of carbonyl (C=O) groups excluding carboxylic acids is 2. The monoisotopic (exact) mass is 340 g/mol. The number of likely N-dealkylation sites (tertiary alicyclic amines) is 1. The van der Waals surface area contributed by atoms with Gasteiger partial charge in [0.05, 0.1) is 5.92 Å². The summed E-state index contributed by atoms with van der Waals surface area (Å²) in [6.07, 6.45) is 1.53. The smallest absolute Gasteiger partial charge is 0.253 e. The maximum atomic E-state index is 13.0. The fraction of sp³-hybridized carbons (Fsp3) is 0.300. The lowest BCUT2D eigenvalue weighted by Gasteiger charge is -2.32. The van der Waals surface area contributed by atoms with Crippen LogP contribution in [0.1, 0.15) is 28.8 Å². The van der Waals surface area contributed by atoms with Gasteiger partial charge in [-0.05, 0) is 56.2 Å². The van der Waals surface area contributed by atoms with E-state index in [1.807, 2.05) is 31.2 Å². The van der Waals surface area contributed by atoms with E-state index in [9.17, 15) is 14.0 Å². The maximum Gasteiger partial charge on any atom is 0.253 e. The van der Waals surface area contributed by atoms with Gasteiger partial charge in [-0.3, -0.25) is 9.59 Å². The quantitative estimate of drug-likeness (QED) is 0.928. The zero-order valence-electron chi connectivity index (χ0n) is 14.2. The van der Waals surface area contributed by atoms with Crippen molar-refractivity contribution >= 4 is 17.5 Å². The fourth-order valence-electron chi connectivity index (χ4n) is 3.03. The molecule has 1 unspecified atom stereocenters. The minimum absolute atomic E-state index is 0.0690. The van der Waals surface area contributed by atoms with Crippen molar-refractivity contribution in [3.63, 3.8) is 0 Å². The normalized spacial score (nSPS) is 17.2. The van der Waals surface area contributed by atoms with Gasteiger partial charge in [0.15, 0.2) is 0 Å². The number of halogens is 1. The number of rotatable bonds is 3. The zero-order chi connectivity index (χ0) is 17.8. The molecule has 4 nitrogen and oxygen atoms in total. The second kappa shape index (κ2) is 7.47. The molecular weight excluding hydrogens is 319 g/mol. The number of carbonyl (C=O) groups is 2. The van der Waals surface area contributed by atoms with Crippen LogP contribution < -0.4 is 5.32 Å². The molecule has 5 heteroatoms. The Hall–Kier alpha value is -2.69. The fourth-order valence-corrected chi connectivity index (χ4v) is 3.03. The molecular formula is C20H21FN2O2. The van der Waals surface area contributed by atoms with E-state index in [2.05, 4.69) is 5.32 Å². The SMILES string of the molecule is Cc1ccc(NC(=O)C2CCCN(C(=O)c3ccc(F)cc3)C2)cc1. The second-order valence-electron chi connectivity index (χ2n) is 6.45. The summed E-state index contributed by atoms with van der Waals surface area (Å²) in [5.74, 6) is -0.835. The molecule has 1 heterocycles. The highest BCUT2D eigenvalue weighted by Gasteiger charge is 2.29. The van der Waals surface area contributed by atoms with Crippen LogP contribution in [0.3, 0.4) is 0 Å². The van der Waals surface area contributed by atoms with Crippen molar-refractivity contribution in [3.8, 4) is 0 Å². The van der Waals surface area contributed by atoms with Crippen LogP contribution in [0.5, 0.6) is 0 Å². The standard InChI is InChI=1S/C20H21FN2O2/c1-14-4-10-18(11-5-14)22-19(24)16-3-2-12-23(13-16)20(25)15-6-8-17(21)9-7-15/h4-11,16H,2-3,12-13H2,1H3,(H,22,24). The Labute approximate surface area is 146 Å². The van der Waals surface area contributed by atoms with E-state index in [0.717, 1.165) is 24.1 Å². The van der Waals surface area contributed by atoms with Gasteiger partial charge in [-0.2, -0.15) is 0 Å². The van der Waals surface area contributed by atoms with Crippen molar-refractivity contribution in [2.75, 3.05) is 18.4 Å². The predicted octanol–water partition coefficient (Wildman–Crippen LogP) is 3.63. The van der Waals surface area contributed by atoms with E-state index in [1.165, 1.54) is 24.3 Å². The van der Waals surface area contributed by atoms with Gasteiger partial charge >= 0.3 is 0 Å². The molecule has 2 amide bonds. The van der Waals surface area contributed by atoms with E-state index in [4.69, 9.17) is 0 Å². The minimum atomic E-state index is -0.370. The average molecular weight is 340 g/mol. The number of nitrogens with zero attached hydrogens (tertiary/aromatic N) is 1. The summed E-state index contributed by atoms with van der Waals surface area (Å²) in [5.41, 5.74) is 2.34. The lowest BCUT2D eigenvalue weighted by Crippen LogP contribution is -2.43. The van der Waals surface area contributed by atoms with Crippen molar-refractivity contribution in [2.24, 2.45) is 5.92 Å². The molecule has 1 N–H and O–H groups in total. The number of anilines is 1. The largest absolute Gasteiger partial charge is 0.338 e. The van der Waals surface area contributed by atoms with Crippen LogP contribution in [0.4, 0.5) is 10.1 Å². The first kappa shape index (κ1) is 17.1. The molecule has 1 atom stereocenters. The highest BCUT2D eigenvalue weighted by atomic mass is 19.1. The molecule has 2 aromatic carbocycles. The van der Waals surface area contributed by atoms with Crippen molar-refractivity contribution < 1.29 is 14.0 Å². The average Bonchev–Trinajstić information content (AvgIpc) is 2.64. The molecule has 0 bridgehead atoms. The molecule has 0 spiro atoms. The van der Waals surface area contributed by atoms with E-state index in [-0.39, 0.29) is 23.5 Å². The Balaban J connectivity index is 1.63.